The molecule has 62 valence electrons. The van der Waals surface area contributed by atoms with Gasteiger partial charge in [-0.05, 0) is 0 Å². The number of nitrogens with zero attached hydrogens (tertiary/aromatic N) is 3. The van der Waals surface area contributed by atoms with Crippen LogP contribution in [0.3, 0.4) is 0 Å². The molecule has 0 unspecified atom stereocenters. The zero-order valence-electron chi connectivity index (χ0n) is 5.72. The van der Waals surface area contributed by atoms with Crippen LogP contribution in [0.15, 0.2) is 17.2 Å². The molecule has 12 heavy (non-hydrogen) atoms. The molecule has 0 saturated carbocycles. The fraction of sp³-hybridized carbons (Fsp3) is 0. The monoisotopic (exact) mass is 167 g/mol. The first-order chi connectivity index (χ1) is 5.68. The van der Waals surface area contributed by atoms with Gasteiger partial charge in [0.15, 0.2) is 5.65 Å². The maximum absolute atomic E-state index is 10.8. The highest BCUT2D eigenvalue weighted by Gasteiger charge is 2.05. The summed E-state index contributed by atoms with van der Waals surface area (Å²) in [5.41, 5.74) is -0.733. The number of aromatic amines is 1. The second-order valence-electron chi connectivity index (χ2n) is 2.20. The van der Waals surface area contributed by atoms with Gasteiger partial charge in [0.1, 0.15) is 5.39 Å². The number of nitrogens with one attached hydrogen (secondary N) is 1. The van der Waals surface area contributed by atoms with Crippen molar-refractivity contribution in [3.05, 3.63) is 33.3 Å². The SMILES string of the molecule is O=c1ncc2c[n+]([O-])n([O-])c2[nH]1. The average molecular weight is 167 g/mol. The van der Waals surface area contributed by atoms with Gasteiger partial charge in [-0.2, -0.15) is 0 Å². The van der Waals surface area contributed by atoms with Crippen LogP contribution >= 0.6 is 0 Å². The molecule has 7 heteroatoms. The maximum Gasteiger partial charge on any atom is 0.346 e. The van der Waals surface area contributed by atoms with Crippen molar-refractivity contribution in [1.29, 1.82) is 0 Å². The number of fused-ring (bicyclic) bond motifs is 1. The first kappa shape index (κ1) is 6.65. The second kappa shape index (κ2) is 1.97. The molecule has 0 aliphatic carbocycles. The number of hydrogen-bond acceptors (Lipinski definition) is 4. The van der Waals surface area contributed by atoms with Crippen LogP contribution in [0.5, 0.6) is 0 Å². The summed E-state index contributed by atoms with van der Waals surface area (Å²) in [5.74, 6) is 0. The molecule has 0 aliphatic heterocycles. The summed E-state index contributed by atoms with van der Waals surface area (Å²) in [6.45, 7) is 0. The molecule has 1 N–H and O–H groups in total. The molecular formula is C5H3N4O3-. The lowest BCUT2D eigenvalue weighted by molar-refractivity contribution is -0.682. The van der Waals surface area contributed by atoms with Crippen LogP contribution in [-0.4, -0.2) is 14.8 Å². The molecule has 2 aromatic heterocycles. The first-order valence-corrected chi connectivity index (χ1v) is 3.06. The Balaban J connectivity index is 2.98. The summed E-state index contributed by atoms with van der Waals surface area (Å²) in [6.07, 6.45) is 2.20. The molecule has 0 fully saturated rings. The Morgan fingerprint density at radius 3 is 3.17 bits per heavy atom. The molecule has 0 atom stereocenters. The van der Waals surface area contributed by atoms with E-state index in [1.54, 1.807) is 0 Å². The molecule has 0 bridgehead atoms. The maximum atomic E-state index is 10.8. The third kappa shape index (κ3) is 0.729. The van der Waals surface area contributed by atoms with Gasteiger partial charge in [0.25, 0.3) is 0 Å². The third-order valence-corrected chi connectivity index (χ3v) is 1.44. The van der Waals surface area contributed by atoms with Crippen molar-refractivity contribution in [2.45, 2.75) is 0 Å². The number of H-pyrrole nitrogens is 1. The quantitative estimate of drug-likeness (QED) is 0.389. The molecule has 7 nitrogen and oxygen atoms in total. The fourth-order valence-electron chi connectivity index (χ4n) is 0.918. The van der Waals surface area contributed by atoms with Gasteiger partial charge in [-0.3, -0.25) is 4.98 Å². The van der Waals surface area contributed by atoms with E-state index >= 15 is 0 Å². The van der Waals surface area contributed by atoms with E-state index in [0.29, 0.717) is 5.39 Å². The van der Waals surface area contributed by atoms with E-state index in [4.69, 9.17) is 0 Å². The minimum Gasteiger partial charge on any atom is -0.756 e. The van der Waals surface area contributed by atoms with Crippen LogP contribution in [-0.2, 0) is 0 Å². The van der Waals surface area contributed by atoms with Gasteiger partial charge in [-0.1, -0.05) is 4.85 Å². The van der Waals surface area contributed by atoms with Crippen LogP contribution < -0.4 is 10.5 Å². The van der Waals surface area contributed by atoms with Crippen LogP contribution in [0.4, 0.5) is 0 Å². The third-order valence-electron chi connectivity index (χ3n) is 1.44. The van der Waals surface area contributed by atoms with E-state index in [9.17, 15) is 15.2 Å². The van der Waals surface area contributed by atoms with Crippen molar-refractivity contribution in [3.8, 4) is 0 Å². The Labute approximate surface area is 65.0 Å². The van der Waals surface area contributed by atoms with Gasteiger partial charge in [-0.15, -0.1) is 4.85 Å². The van der Waals surface area contributed by atoms with Gasteiger partial charge < -0.3 is 10.4 Å². The molecule has 2 rings (SSSR count). The van der Waals surface area contributed by atoms with Gasteiger partial charge >= 0.3 is 5.69 Å². The predicted molar refractivity (Wildman–Crippen MR) is 38.1 cm³/mol. The number of hydrogen-bond donors (Lipinski definition) is 1. The molecule has 0 spiro atoms. The zero-order chi connectivity index (χ0) is 8.72. The normalized spacial score (nSPS) is 10.7. The van der Waals surface area contributed by atoms with Crippen LogP contribution in [0.2, 0.25) is 0 Å². The second-order valence-corrected chi connectivity index (χ2v) is 2.20. The highest BCUT2D eigenvalue weighted by molar-refractivity contribution is 5.71. The molecule has 0 amide bonds. The predicted octanol–water partition coefficient (Wildman–Crippen LogP) is -1.30. The Morgan fingerprint density at radius 2 is 2.42 bits per heavy atom. The van der Waals surface area contributed by atoms with Crippen molar-refractivity contribution < 1.29 is 4.85 Å². The highest BCUT2D eigenvalue weighted by Crippen LogP contribution is 2.02. The standard InChI is InChI=1S/C5H3N4O3/c10-5-6-1-3-2-8(11)9(12)4(3)7-5/h1-2H,(H,6,7,10)/q-1. The van der Waals surface area contributed by atoms with Gasteiger partial charge in [-0.25, -0.2) is 9.78 Å². The van der Waals surface area contributed by atoms with Crippen molar-refractivity contribution in [2.75, 3.05) is 0 Å². The number of aromatic nitrogens is 4. The van der Waals surface area contributed by atoms with E-state index in [1.807, 2.05) is 0 Å². The van der Waals surface area contributed by atoms with E-state index in [0.717, 1.165) is 12.4 Å². The van der Waals surface area contributed by atoms with Crippen LogP contribution in [0.1, 0.15) is 0 Å². The lowest BCUT2D eigenvalue weighted by Gasteiger charge is -2.03. The fourth-order valence-corrected chi connectivity index (χ4v) is 0.918. The lowest BCUT2D eigenvalue weighted by atomic mass is 10.4. The molecule has 0 aliphatic rings. The lowest BCUT2D eigenvalue weighted by Crippen LogP contribution is -2.33. The smallest absolute Gasteiger partial charge is 0.346 e. The zero-order valence-corrected chi connectivity index (χ0v) is 5.72. The van der Waals surface area contributed by atoms with Gasteiger partial charge in [0.05, 0.1) is 0 Å². The first-order valence-electron chi connectivity index (χ1n) is 3.06. The van der Waals surface area contributed by atoms with Crippen molar-refractivity contribution in [3.63, 3.8) is 0 Å². The summed E-state index contributed by atoms with van der Waals surface area (Å²) in [4.78, 5) is 16.2. The van der Waals surface area contributed by atoms with Crippen LogP contribution in [0.25, 0.3) is 11.0 Å². The van der Waals surface area contributed by atoms with Crippen molar-refractivity contribution in [2.24, 2.45) is 0 Å². The topological polar surface area (TPSA) is 101 Å². The van der Waals surface area contributed by atoms with Crippen molar-refractivity contribution in [1.82, 2.24) is 14.8 Å². The summed E-state index contributed by atoms with van der Waals surface area (Å²) in [7, 11) is 0. The highest BCUT2D eigenvalue weighted by atomic mass is 16.6. The Kier molecular flexibility index (Phi) is 1.09. The largest absolute Gasteiger partial charge is 0.756 e. The number of rotatable bonds is 0. The molecule has 0 radical (unpaired) electrons. The Hall–Kier alpha value is -2.05. The van der Waals surface area contributed by atoms with E-state index in [2.05, 4.69) is 9.97 Å². The summed E-state index contributed by atoms with van der Waals surface area (Å²) in [5, 5.41) is 21.8. The van der Waals surface area contributed by atoms with Gasteiger partial charge in [0.2, 0.25) is 6.20 Å². The summed E-state index contributed by atoms with van der Waals surface area (Å²) < 4.78 is 0. The van der Waals surface area contributed by atoms with E-state index in [-0.39, 0.29) is 15.3 Å². The minimum atomic E-state index is -0.654. The molecule has 0 aromatic carbocycles. The minimum absolute atomic E-state index is 0.0401. The molecule has 0 saturated heterocycles. The molecule has 2 aromatic rings. The van der Waals surface area contributed by atoms with E-state index in [1.165, 1.54) is 0 Å². The van der Waals surface area contributed by atoms with Crippen LogP contribution in [0, 0.1) is 10.4 Å². The molecular weight excluding hydrogens is 164 g/mol. The van der Waals surface area contributed by atoms with Gasteiger partial charge in [0, 0.05) is 6.20 Å². The average Bonchev–Trinajstić information content (AvgIpc) is 2.31. The van der Waals surface area contributed by atoms with E-state index < -0.39 is 5.69 Å². The Morgan fingerprint density at radius 1 is 1.67 bits per heavy atom. The summed E-state index contributed by atoms with van der Waals surface area (Å²) in [6, 6.07) is 0. The van der Waals surface area contributed by atoms with Crippen molar-refractivity contribution >= 4 is 11.0 Å². The Bertz CT molecular complexity index is 485. The molecule has 2 heterocycles. The summed E-state index contributed by atoms with van der Waals surface area (Å²) >= 11 is 0.